The number of alkyl halides is 3. The van der Waals surface area contributed by atoms with Crippen molar-refractivity contribution in [2.75, 3.05) is 19.8 Å². The van der Waals surface area contributed by atoms with Crippen molar-refractivity contribution in [2.24, 2.45) is 17.6 Å². The lowest BCUT2D eigenvalue weighted by atomic mass is 9.98. The quantitative estimate of drug-likeness (QED) is 0.734. The third-order valence-electron chi connectivity index (χ3n) is 1.76. The predicted molar refractivity (Wildman–Crippen MR) is 48.9 cm³/mol. The number of nitrogens with two attached hydrogens (primary N) is 1. The maximum atomic E-state index is 11.7. The van der Waals surface area contributed by atoms with Gasteiger partial charge in [0.05, 0.1) is 6.61 Å². The van der Waals surface area contributed by atoms with Gasteiger partial charge in [0.2, 0.25) is 0 Å². The molecule has 1 unspecified atom stereocenters. The highest BCUT2D eigenvalue weighted by Crippen LogP contribution is 2.16. The van der Waals surface area contributed by atoms with Crippen LogP contribution in [0.4, 0.5) is 13.2 Å². The predicted octanol–water partition coefficient (Wildman–Crippen LogP) is 2.19. The number of hydrogen-bond acceptors (Lipinski definition) is 2. The van der Waals surface area contributed by atoms with Crippen molar-refractivity contribution in [1.82, 2.24) is 0 Å². The van der Waals surface area contributed by atoms with E-state index in [9.17, 15) is 13.2 Å². The Bertz CT molecular complexity index is 147. The number of ether oxygens (including phenoxy) is 1. The van der Waals surface area contributed by atoms with E-state index in [1.54, 1.807) is 0 Å². The molecule has 5 heteroatoms. The Morgan fingerprint density at radius 3 is 2.21 bits per heavy atom. The third kappa shape index (κ3) is 8.31. The Morgan fingerprint density at radius 2 is 1.86 bits per heavy atom. The Kier molecular flexibility index (Phi) is 6.11. The largest absolute Gasteiger partial charge is 0.411 e. The fraction of sp³-hybridized carbons (Fsp3) is 1.00. The highest BCUT2D eigenvalue weighted by molar-refractivity contribution is 4.61. The SMILES string of the molecule is CC(C)CC(CN)COCC(F)(F)F. The summed E-state index contributed by atoms with van der Waals surface area (Å²) in [7, 11) is 0. The second-order valence-electron chi connectivity index (χ2n) is 3.86. The summed E-state index contributed by atoms with van der Waals surface area (Å²) in [6.07, 6.45) is -3.44. The fourth-order valence-electron chi connectivity index (χ4n) is 1.24. The summed E-state index contributed by atoms with van der Waals surface area (Å²) in [5.74, 6) is 0.454. The summed E-state index contributed by atoms with van der Waals surface area (Å²) in [5, 5.41) is 0. The molecule has 0 aliphatic heterocycles. The van der Waals surface area contributed by atoms with E-state index in [0.717, 1.165) is 6.42 Å². The molecule has 2 N–H and O–H groups in total. The second-order valence-corrected chi connectivity index (χ2v) is 3.86. The van der Waals surface area contributed by atoms with Gasteiger partial charge in [0, 0.05) is 0 Å². The molecular weight excluding hydrogens is 195 g/mol. The zero-order chi connectivity index (χ0) is 11.2. The average Bonchev–Trinajstić information content (AvgIpc) is 1.99. The van der Waals surface area contributed by atoms with Gasteiger partial charge in [0.15, 0.2) is 0 Å². The monoisotopic (exact) mass is 213 g/mol. The fourth-order valence-corrected chi connectivity index (χ4v) is 1.24. The minimum atomic E-state index is -4.24. The first kappa shape index (κ1) is 13.7. The van der Waals surface area contributed by atoms with Crippen molar-refractivity contribution >= 4 is 0 Å². The Morgan fingerprint density at radius 1 is 1.29 bits per heavy atom. The minimum Gasteiger partial charge on any atom is -0.372 e. The summed E-state index contributed by atoms with van der Waals surface area (Å²) in [6.45, 7) is 3.30. The standard InChI is InChI=1S/C9H18F3NO/c1-7(2)3-8(4-13)5-14-6-9(10,11)12/h7-8H,3-6,13H2,1-2H3. The zero-order valence-corrected chi connectivity index (χ0v) is 8.60. The van der Waals surface area contributed by atoms with Crippen LogP contribution in [0.3, 0.4) is 0 Å². The molecule has 0 aliphatic carbocycles. The van der Waals surface area contributed by atoms with Gasteiger partial charge in [-0.3, -0.25) is 0 Å². The van der Waals surface area contributed by atoms with E-state index in [4.69, 9.17) is 5.73 Å². The van der Waals surface area contributed by atoms with Crippen molar-refractivity contribution in [3.63, 3.8) is 0 Å². The lowest BCUT2D eigenvalue weighted by Gasteiger charge is -2.17. The Labute approximate surface area is 82.6 Å². The van der Waals surface area contributed by atoms with Gasteiger partial charge in [-0.05, 0) is 24.8 Å². The summed E-state index contributed by atoms with van der Waals surface area (Å²) >= 11 is 0. The number of hydrogen-bond donors (Lipinski definition) is 1. The van der Waals surface area contributed by atoms with Gasteiger partial charge < -0.3 is 10.5 Å². The maximum Gasteiger partial charge on any atom is 0.411 e. The van der Waals surface area contributed by atoms with Gasteiger partial charge in [-0.15, -0.1) is 0 Å². The van der Waals surface area contributed by atoms with E-state index in [0.29, 0.717) is 12.5 Å². The number of halogens is 3. The van der Waals surface area contributed by atoms with E-state index < -0.39 is 12.8 Å². The summed E-state index contributed by atoms with van der Waals surface area (Å²) < 4.78 is 39.7. The first-order valence-electron chi connectivity index (χ1n) is 4.69. The summed E-state index contributed by atoms with van der Waals surface area (Å²) in [4.78, 5) is 0. The first-order chi connectivity index (χ1) is 6.35. The topological polar surface area (TPSA) is 35.2 Å². The minimum absolute atomic E-state index is 0.0253. The van der Waals surface area contributed by atoms with Crippen molar-refractivity contribution in [3.05, 3.63) is 0 Å². The lowest BCUT2D eigenvalue weighted by Crippen LogP contribution is -2.25. The number of rotatable bonds is 6. The van der Waals surface area contributed by atoms with Crippen LogP contribution in [0, 0.1) is 11.8 Å². The van der Waals surface area contributed by atoms with Crippen molar-refractivity contribution in [1.29, 1.82) is 0 Å². The molecule has 0 saturated carbocycles. The van der Waals surface area contributed by atoms with Gasteiger partial charge in [0.1, 0.15) is 6.61 Å². The zero-order valence-electron chi connectivity index (χ0n) is 8.60. The van der Waals surface area contributed by atoms with E-state index in [1.807, 2.05) is 13.8 Å². The molecular formula is C9H18F3NO. The highest BCUT2D eigenvalue weighted by Gasteiger charge is 2.27. The molecule has 0 aromatic carbocycles. The van der Waals surface area contributed by atoms with Gasteiger partial charge in [-0.1, -0.05) is 13.8 Å². The van der Waals surface area contributed by atoms with Gasteiger partial charge in [-0.25, -0.2) is 0 Å². The van der Waals surface area contributed by atoms with Crippen LogP contribution in [0.2, 0.25) is 0 Å². The van der Waals surface area contributed by atoms with Crippen LogP contribution >= 0.6 is 0 Å². The van der Waals surface area contributed by atoms with Crippen LogP contribution in [0.25, 0.3) is 0 Å². The second kappa shape index (κ2) is 6.24. The molecule has 86 valence electrons. The van der Waals surface area contributed by atoms with Crippen LogP contribution in [-0.4, -0.2) is 25.9 Å². The van der Waals surface area contributed by atoms with Gasteiger partial charge >= 0.3 is 6.18 Å². The molecule has 0 radical (unpaired) electrons. The van der Waals surface area contributed by atoms with Crippen molar-refractivity contribution in [2.45, 2.75) is 26.4 Å². The smallest absolute Gasteiger partial charge is 0.372 e. The van der Waals surface area contributed by atoms with Gasteiger partial charge in [0.25, 0.3) is 0 Å². The van der Waals surface area contributed by atoms with Crippen LogP contribution in [0.5, 0.6) is 0 Å². The molecule has 2 nitrogen and oxygen atoms in total. The molecule has 0 amide bonds. The molecule has 0 aromatic rings. The molecule has 14 heavy (non-hydrogen) atoms. The van der Waals surface area contributed by atoms with Crippen LogP contribution in [0.15, 0.2) is 0 Å². The van der Waals surface area contributed by atoms with Crippen LogP contribution < -0.4 is 5.73 Å². The molecule has 0 spiro atoms. The molecule has 0 saturated heterocycles. The molecule has 0 rings (SSSR count). The van der Waals surface area contributed by atoms with Crippen LogP contribution in [0.1, 0.15) is 20.3 Å². The normalized spacial score (nSPS) is 14.8. The molecule has 0 heterocycles. The molecule has 0 aromatic heterocycles. The van der Waals surface area contributed by atoms with Gasteiger partial charge in [-0.2, -0.15) is 13.2 Å². The molecule has 0 bridgehead atoms. The van der Waals surface area contributed by atoms with Crippen molar-refractivity contribution < 1.29 is 17.9 Å². The maximum absolute atomic E-state index is 11.7. The van der Waals surface area contributed by atoms with Crippen molar-refractivity contribution in [3.8, 4) is 0 Å². The average molecular weight is 213 g/mol. The molecule has 0 aliphatic rings. The summed E-state index contributed by atoms with van der Waals surface area (Å²) in [5.41, 5.74) is 5.41. The lowest BCUT2D eigenvalue weighted by molar-refractivity contribution is -0.176. The molecule has 1 atom stereocenters. The van der Waals surface area contributed by atoms with E-state index >= 15 is 0 Å². The summed E-state index contributed by atoms with van der Waals surface area (Å²) in [6, 6.07) is 0. The Balaban J connectivity index is 3.63. The highest BCUT2D eigenvalue weighted by atomic mass is 19.4. The van der Waals surface area contributed by atoms with E-state index in [-0.39, 0.29) is 12.5 Å². The van der Waals surface area contributed by atoms with E-state index in [2.05, 4.69) is 4.74 Å². The molecule has 0 fully saturated rings. The van der Waals surface area contributed by atoms with E-state index in [1.165, 1.54) is 0 Å². The Hall–Kier alpha value is -0.290. The first-order valence-corrected chi connectivity index (χ1v) is 4.69. The van der Waals surface area contributed by atoms with Crippen LogP contribution in [-0.2, 0) is 4.74 Å². The third-order valence-corrected chi connectivity index (χ3v) is 1.76.